The van der Waals surface area contributed by atoms with Gasteiger partial charge in [0.15, 0.2) is 0 Å². The van der Waals surface area contributed by atoms with Crippen LogP contribution >= 0.6 is 0 Å². The Morgan fingerprint density at radius 3 is 2.22 bits per heavy atom. The van der Waals surface area contributed by atoms with Crippen molar-refractivity contribution in [3.05, 3.63) is 11.9 Å². The summed E-state index contributed by atoms with van der Waals surface area (Å²) >= 11 is 0. The lowest BCUT2D eigenvalue weighted by Crippen LogP contribution is -2.35. The summed E-state index contributed by atoms with van der Waals surface area (Å²) in [5.41, 5.74) is -0.776. The standard InChI is InChI=1S/C10H15F3N4O/c1-9(2,5-18)17-7-4-6(14-3)15-8(16-7)10(11,12)13/h4,18H,5H2,1-3H3,(H2,14,15,16,17). The molecule has 8 heteroatoms. The van der Waals surface area contributed by atoms with E-state index < -0.39 is 17.5 Å². The predicted molar refractivity (Wildman–Crippen MR) is 61.4 cm³/mol. The normalized spacial score (nSPS) is 12.4. The predicted octanol–water partition coefficient (Wildman–Crippen LogP) is 1.72. The van der Waals surface area contributed by atoms with Crippen LogP contribution in [0.1, 0.15) is 19.7 Å². The summed E-state index contributed by atoms with van der Waals surface area (Å²) in [6.45, 7) is 3.04. The van der Waals surface area contributed by atoms with Crippen molar-refractivity contribution >= 4 is 11.6 Å². The third-order valence-electron chi connectivity index (χ3n) is 2.10. The van der Waals surface area contributed by atoms with Gasteiger partial charge >= 0.3 is 6.18 Å². The highest BCUT2D eigenvalue weighted by Gasteiger charge is 2.35. The van der Waals surface area contributed by atoms with Crippen LogP contribution in [0.4, 0.5) is 24.8 Å². The molecule has 5 nitrogen and oxygen atoms in total. The number of halogens is 3. The van der Waals surface area contributed by atoms with Gasteiger partial charge in [0.25, 0.3) is 0 Å². The fraction of sp³-hybridized carbons (Fsp3) is 0.600. The van der Waals surface area contributed by atoms with E-state index in [0.717, 1.165) is 0 Å². The van der Waals surface area contributed by atoms with Crippen LogP contribution in [0, 0.1) is 0 Å². The molecule has 18 heavy (non-hydrogen) atoms. The van der Waals surface area contributed by atoms with Gasteiger partial charge in [-0.05, 0) is 13.8 Å². The number of hydrogen-bond donors (Lipinski definition) is 3. The minimum atomic E-state index is -4.62. The second-order valence-electron chi connectivity index (χ2n) is 4.38. The molecule has 0 aliphatic carbocycles. The molecule has 1 heterocycles. The fourth-order valence-electron chi connectivity index (χ4n) is 1.15. The van der Waals surface area contributed by atoms with E-state index >= 15 is 0 Å². The van der Waals surface area contributed by atoms with Crippen molar-refractivity contribution in [3.63, 3.8) is 0 Å². The second-order valence-corrected chi connectivity index (χ2v) is 4.38. The first-order valence-corrected chi connectivity index (χ1v) is 5.21. The van der Waals surface area contributed by atoms with Gasteiger partial charge < -0.3 is 15.7 Å². The molecule has 3 N–H and O–H groups in total. The smallest absolute Gasteiger partial charge is 0.394 e. The highest BCUT2D eigenvalue weighted by Crippen LogP contribution is 2.28. The maximum absolute atomic E-state index is 12.6. The molecule has 0 aliphatic rings. The van der Waals surface area contributed by atoms with E-state index in [2.05, 4.69) is 20.6 Å². The summed E-state index contributed by atoms with van der Waals surface area (Å²) < 4.78 is 37.7. The Labute approximate surface area is 102 Å². The van der Waals surface area contributed by atoms with Gasteiger partial charge in [0.05, 0.1) is 12.1 Å². The molecule has 1 rings (SSSR count). The van der Waals surface area contributed by atoms with Crippen molar-refractivity contribution in [2.24, 2.45) is 0 Å². The Kier molecular flexibility index (Phi) is 4.00. The zero-order chi connectivity index (χ0) is 14.0. The average molecular weight is 264 g/mol. The Morgan fingerprint density at radius 2 is 1.78 bits per heavy atom. The number of aliphatic hydroxyl groups excluding tert-OH is 1. The average Bonchev–Trinajstić information content (AvgIpc) is 2.27. The quantitative estimate of drug-likeness (QED) is 0.772. The molecule has 0 radical (unpaired) electrons. The van der Waals surface area contributed by atoms with Gasteiger partial charge in [-0.25, -0.2) is 9.97 Å². The van der Waals surface area contributed by atoms with E-state index in [1.165, 1.54) is 13.1 Å². The number of alkyl halides is 3. The van der Waals surface area contributed by atoms with E-state index in [4.69, 9.17) is 5.11 Å². The minimum absolute atomic E-state index is 0.000671. The summed E-state index contributed by atoms with van der Waals surface area (Å²) in [6.07, 6.45) is -4.62. The Balaban J connectivity index is 3.13. The molecule has 0 fully saturated rings. The lowest BCUT2D eigenvalue weighted by molar-refractivity contribution is -0.144. The first-order valence-electron chi connectivity index (χ1n) is 5.21. The van der Waals surface area contributed by atoms with Crippen LogP contribution in [0.15, 0.2) is 6.07 Å². The lowest BCUT2D eigenvalue weighted by atomic mass is 10.1. The van der Waals surface area contributed by atoms with Crippen molar-refractivity contribution in [2.45, 2.75) is 25.6 Å². The first kappa shape index (κ1) is 14.5. The number of aromatic nitrogens is 2. The fourth-order valence-corrected chi connectivity index (χ4v) is 1.15. The van der Waals surface area contributed by atoms with Crippen LogP contribution in [-0.2, 0) is 6.18 Å². The molecule has 0 spiro atoms. The number of nitrogens with zero attached hydrogens (tertiary/aromatic N) is 2. The molecule has 0 amide bonds. The Bertz CT molecular complexity index is 420. The number of nitrogens with one attached hydrogen (secondary N) is 2. The molecule has 1 aromatic heterocycles. The monoisotopic (exact) mass is 264 g/mol. The van der Waals surface area contributed by atoms with Crippen LogP contribution in [0.2, 0.25) is 0 Å². The summed E-state index contributed by atoms with van der Waals surface area (Å²) in [5, 5.41) is 14.3. The third-order valence-corrected chi connectivity index (χ3v) is 2.10. The SMILES string of the molecule is CNc1cc(NC(C)(C)CO)nc(C(F)(F)F)n1. The Hall–Kier alpha value is -1.57. The summed E-state index contributed by atoms with van der Waals surface area (Å²) in [6, 6.07) is 1.34. The van der Waals surface area contributed by atoms with Gasteiger partial charge in [-0.2, -0.15) is 13.2 Å². The summed E-state index contributed by atoms with van der Waals surface area (Å²) in [5.74, 6) is -1.18. The molecular weight excluding hydrogens is 249 g/mol. The van der Waals surface area contributed by atoms with E-state index in [0.29, 0.717) is 0 Å². The van der Waals surface area contributed by atoms with Gasteiger partial charge in [0.1, 0.15) is 11.6 Å². The van der Waals surface area contributed by atoms with Crippen molar-refractivity contribution in [1.82, 2.24) is 9.97 Å². The largest absolute Gasteiger partial charge is 0.451 e. The second kappa shape index (κ2) is 4.97. The van der Waals surface area contributed by atoms with Crippen LogP contribution in [-0.4, -0.2) is 34.3 Å². The van der Waals surface area contributed by atoms with Crippen molar-refractivity contribution < 1.29 is 18.3 Å². The van der Waals surface area contributed by atoms with Gasteiger partial charge in [0, 0.05) is 13.1 Å². The third kappa shape index (κ3) is 3.73. The lowest BCUT2D eigenvalue weighted by Gasteiger charge is -2.24. The molecule has 0 saturated heterocycles. The number of hydrogen-bond acceptors (Lipinski definition) is 5. The molecule has 0 saturated carbocycles. The highest BCUT2D eigenvalue weighted by atomic mass is 19.4. The van der Waals surface area contributed by atoms with Crippen LogP contribution in [0.5, 0.6) is 0 Å². The van der Waals surface area contributed by atoms with Crippen LogP contribution in [0.25, 0.3) is 0 Å². The minimum Gasteiger partial charge on any atom is -0.394 e. The first-order chi connectivity index (χ1) is 8.18. The van der Waals surface area contributed by atoms with Crippen molar-refractivity contribution in [1.29, 1.82) is 0 Å². The van der Waals surface area contributed by atoms with Crippen LogP contribution in [0.3, 0.4) is 0 Å². The zero-order valence-corrected chi connectivity index (χ0v) is 10.3. The Morgan fingerprint density at radius 1 is 1.22 bits per heavy atom. The maximum atomic E-state index is 12.6. The molecule has 102 valence electrons. The molecule has 0 bridgehead atoms. The van der Waals surface area contributed by atoms with Crippen molar-refractivity contribution in [2.75, 3.05) is 24.3 Å². The molecule has 0 aliphatic heterocycles. The number of rotatable bonds is 4. The van der Waals surface area contributed by atoms with E-state index in [1.807, 2.05) is 0 Å². The van der Waals surface area contributed by atoms with Gasteiger partial charge in [-0.15, -0.1) is 0 Å². The van der Waals surface area contributed by atoms with Gasteiger partial charge in [-0.1, -0.05) is 0 Å². The summed E-state index contributed by atoms with van der Waals surface area (Å²) in [7, 11) is 1.46. The molecule has 0 unspecified atom stereocenters. The van der Waals surface area contributed by atoms with E-state index in [-0.39, 0.29) is 18.2 Å². The summed E-state index contributed by atoms with van der Waals surface area (Å²) in [4.78, 5) is 6.72. The van der Waals surface area contributed by atoms with Gasteiger partial charge in [0.2, 0.25) is 5.82 Å². The van der Waals surface area contributed by atoms with E-state index in [1.54, 1.807) is 13.8 Å². The molecular formula is C10H15F3N4O. The number of aliphatic hydroxyl groups is 1. The zero-order valence-electron chi connectivity index (χ0n) is 10.3. The highest BCUT2D eigenvalue weighted by molar-refractivity contribution is 5.48. The number of anilines is 2. The maximum Gasteiger partial charge on any atom is 0.451 e. The van der Waals surface area contributed by atoms with Crippen molar-refractivity contribution in [3.8, 4) is 0 Å². The topological polar surface area (TPSA) is 70.1 Å². The van der Waals surface area contributed by atoms with Crippen LogP contribution < -0.4 is 10.6 Å². The van der Waals surface area contributed by atoms with E-state index in [9.17, 15) is 13.2 Å². The molecule has 1 aromatic rings. The molecule has 0 atom stereocenters. The molecule has 0 aromatic carbocycles. The van der Waals surface area contributed by atoms with Gasteiger partial charge in [-0.3, -0.25) is 0 Å².